The molecule has 1 amide bonds. The van der Waals surface area contributed by atoms with Crippen molar-refractivity contribution in [1.29, 1.82) is 0 Å². The smallest absolute Gasteiger partial charge is 0.265 e. The molecule has 1 aromatic rings. The Balaban J connectivity index is 2.73. The Morgan fingerprint density at radius 2 is 2.17 bits per heavy atom. The maximum Gasteiger partial charge on any atom is 0.265 e. The van der Waals surface area contributed by atoms with Crippen LogP contribution in [0.4, 0.5) is 0 Å². The van der Waals surface area contributed by atoms with Gasteiger partial charge in [-0.05, 0) is 30.6 Å². The largest absolute Gasteiger partial charge is 0.395 e. The summed E-state index contributed by atoms with van der Waals surface area (Å²) in [4.78, 5) is 12.7. The molecule has 0 spiro atoms. The Labute approximate surface area is 116 Å². The van der Waals surface area contributed by atoms with E-state index < -0.39 is 0 Å². The van der Waals surface area contributed by atoms with E-state index in [0.29, 0.717) is 4.88 Å². The lowest BCUT2D eigenvalue weighted by molar-refractivity contribution is 0.0938. The number of carbonyl (C=O) groups excluding carboxylic acids is 1. The predicted molar refractivity (Wildman–Crippen MR) is 75.3 cm³/mol. The second-order valence-corrected chi connectivity index (χ2v) is 6.19. The summed E-state index contributed by atoms with van der Waals surface area (Å²) in [6.45, 7) is 5.89. The van der Waals surface area contributed by atoms with Gasteiger partial charge in [-0.15, -0.1) is 5.10 Å². The first-order chi connectivity index (χ1) is 8.51. The average Bonchev–Trinajstić information content (AvgIpc) is 2.79. The van der Waals surface area contributed by atoms with Gasteiger partial charge in [-0.25, -0.2) is 0 Å². The molecule has 0 aliphatic carbocycles. The minimum atomic E-state index is -0.159. The van der Waals surface area contributed by atoms with Crippen LogP contribution in [0.25, 0.3) is 0 Å². The zero-order chi connectivity index (χ0) is 13.7. The maximum absolute atomic E-state index is 12.1. The fourth-order valence-electron chi connectivity index (χ4n) is 1.53. The number of aliphatic hydroxyl groups is 1. The van der Waals surface area contributed by atoms with Crippen LogP contribution in [-0.2, 0) is 0 Å². The van der Waals surface area contributed by atoms with Gasteiger partial charge in [0.1, 0.15) is 4.88 Å². The molecule has 5 nitrogen and oxygen atoms in total. The SMILES string of the molecule is CSC(CO)C(C)NC(=O)c1snnc1C(C)C. The number of nitrogens with zero attached hydrogens (tertiary/aromatic N) is 2. The topological polar surface area (TPSA) is 75.1 Å². The molecule has 2 atom stereocenters. The summed E-state index contributed by atoms with van der Waals surface area (Å²) >= 11 is 2.65. The molecule has 2 unspecified atom stereocenters. The number of aliphatic hydroxyl groups excluding tert-OH is 1. The molecule has 2 N–H and O–H groups in total. The Hall–Kier alpha value is -0.660. The number of nitrogens with one attached hydrogen (secondary N) is 1. The quantitative estimate of drug-likeness (QED) is 0.830. The van der Waals surface area contributed by atoms with Gasteiger partial charge in [0.15, 0.2) is 0 Å². The molecule has 0 saturated carbocycles. The van der Waals surface area contributed by atoms with Gasteiger partial charge in [0.2, 0.25) is 0 Å². The Kier molecular flexibility index (Phi) is 6.04. The standard InChI is InChI=1S/C11H19N3O2S2/c1-6(2)9-10(18-14-13-9)11(16)12-7(3)8(5-15)17-4/h6-8,15H,5H2,1-4H3,(H,12,16). The van der Waals surface area contributed by atoms with Crippen molar-refractivity contribution in [2.75, 3.05) is 12.9 Å². The van der Waals surface area contributed by atoms with E-state index in [9.17, 15) is 9.90 Å². The van der Waals surface area contributed by atoms with Gasteiger partial charge in [0.05, 0.1) is 12.3 Å². The molecule has 7 heteroatoms. The summed E-state index contributed by atoms with van der Waals surface area (Å²) in [5.41, 5.74) is 0.731. The predicted octanol–water partition coefficient (Wildman–Crippen LogP) is 1.50. The summed E-state index contributed by atoms with van der Waals surface area (Å²) in [7, 11) is 0. The summed E-state index contributed by atoms with van der Waals surface area (Å²) in [6, 6.07) is -0.0976. The second-order valence-electron chi connectivity index (χ2n) is 4.36. The number of rotatable bonds is 6. The van der Waals surface area contributed by atoms with Gasteiger partial charge in [-0.3, -0.25) is 4.79 Å². The van der Waals surface area contributed by atoms with Crippen LogP contribution in [0, 0.1) is 0 Å². The van der Waals surface area contributed by atoms with E-state index in [1.54, 1.807) is 0 Å². The summed E-state index contributed by atoms with van der Waals surface area (Å²) in [5.74, 6) is 0.0164. The minimum absolute atomic E-state index is 0.00247. The van der Waals surface area contributed by atoms with Crippen LogP contribution >= 0.6 is 23.3 Å². The van der Waals surface area contributed by atoms with E-state index in [4.69, 9.17) is 0 Å². The first kappa shape index (κ1) is 15.4. The van der Waals surface area contributed by atoms with Gasteiger partial charge < -0.3 is 10.4 Å². The van der Waals surface area contributed by atoms with Crippen LogP contribution in [0.15, 0.2) is 0 Å². The Bertz CT molecular complexity index is 391. The lowest BCUT2D eigenvalue weighted by atomic mass is 10.1. The van der Waals surface area contributed by atoms with E-state index in [1.807, 2.05) is 27.0 Å². The molecule has 102 valence electrons. The number of amides is 1. The van der Waals surface area contributed by atoms with Crippen molar-refractivity contribution in [2.24, 2.45) is 0 Å². The van der Waals surface area contributed by atoms with E-state index in [2.05, 4.69) is 14.9 Å². The van der Waals surface area contributed by atoms with Crippen molar-refractivity contribution in [3.8, 4) is 0 Å². The Morgan fingerprint density at radius 1 is 1.50 bits per heavy atom. The van der Waals surface area contributed by atoms with Crippen molar-refractivity contribution in [3.63, 3.8) is 0 Å². The van der Waals surface area contributed by atoms with Gasteiger partial charge in [0.25, 0.3) is 5.91 Å². The molecule has 1 rings (SSSR count). The van der Waals surface area contributed by atoms with Crippen molar-refractivity contribution in [3.05, 3.63) is 10.6 Å². The molecule has 0 aliphatic rings. The van der Waals surface area contributed by atoms with Crippen molar-refractivity contribution < 1.29 is 9.90 Å². The molecule has 1 aromatic heterocycles. The molecular weight excluding hydrogens is 270 g/mol. The fourth-order valence-corrected chi connectivity index (χ4v) is 2.88. The highest BCUT2D eigenvalue weighted by atomic mass is 32.2. The van der Waals surface area contributed by atoms with Crippen LogP contribution < -0.4 is 5.32 Å². The summed E-state index contributed by atoms with van der Waals surface area (Å²) in [6.07, 6.45) is 1.91. The first-order valence-corrected chi connectivity index (χ1v) is 7.84. The number of carbonyl (C=O) groups is 1. The summed E-state index contributed by atoms with van der Waals surface area (Å²) < 4.78 is 3.83. The molecule has 0 fully saturated rings. The highest BCUT2D eigenvalue weighted by molar-refractivity contribution is 7.99. The monoisotopic (exact) mass is 289 g/mol. The second kappa shape index (κ2) is 7.06. The number of hydrogen-bond donors (Lipinski definition) is 2. The molecule has 0 aliphatic heterocycles. The zero-order valence-electron chi connectivity index (χ0n) is 11.0. The molecule has 0 saturated heterocycles. The fraction of sp³-hybridized carbons (Fsp3) is 0.727. The first-order valence-electron chi connectivity index (χ1n) is 5.78. The van der Waals surface area contributed by atoms with Crippen LogP contribution in [0.2, 0.25) is 0 Å². The van der Waals surface area contributed by atoms with Crippen molar-refractivity contribution in [2.45, 2.75) is 38.0 Å². The zero-order valence-corrected chi connectivity index (χ0v) is 12.6. The molecule has 1 heterocycles. The minimum Gasteiger partial charge on any atom is -0.395 e. The van der Waals surface area contributed by atoms with Crippen LogP contribution in [0.1, 0.15) is 42.1 Å². The van der Waals surface area contributed by atoms with Gasteiger partial charge >= 0.3 is 0 Å². The summed E-state index contributed by atoms with van der Waals surface area (Å²) in [5, 5.41) is 16.1. The molecule has 0 radical (unpaired) electrons. The maximum atomic E-state index is 12.1. The van der Waals surface area contributed by atoms with Crippen LogP contribution in [0.3, 0.4) is 0 Å². The number of aromatic nitrogens is 2. The third-order valence-corrected chi connectivity index (χ3v) is 4.57. The highest BCUT2D eigenvalue weighted by Crippen LogP contribution is 2.20. The van der Waals surface area contributed by atoms with E-state index in [0.717, 1.165) is 17.2 Å². The van der Waals surface area contributed by atoms with Crippen LogP contribution in [-0.4, -0.2) is 44.8 Å². The Morgan fingerprint density at radius 3 is 2.67 bits per heavy atom. The van der Waals surface area contributed by atoms with Gasteiger partial charge in [-0.2, -0.15) is 11.8 Å². The average molecular weight is 289 g/mol. The molecule has 18 heavy (non-hydrogen) atoms. The van der Waals surface area contributed by atoms with E-state index in [-0.39, 0.29) is 29.7 Å². The lowest BCUT2D eigenvalue weighted by Crippen LogP contribution is -2.41. The van der Waals surface area contributed by atoms with Gasteiger partial charge in [0, 0.05) is 11.3 Å². The van der Waals surface area contributed by atoms with Gasteiger partial charge in [-0.1, -0.05) is 18.3 Å². The number of hydrogen-bond acceptors (Lipinski definition) is 6. The molecule has 0 bridgehead atoms. The third kappa shape index (κ3) is 3.66. The number of thioether (sulfide) groups is 1. The third-order valence-electron chi connectivity index (χ3n) is 2.67. The lowest BCUT2D eigenvalue weighted by Gasteiger charge is -2.21. The highest BCUT2D eigenvalue weighted by Gasteiger charge is 2.23. The van der Waals surface area contributed by atoms with Crippen LogP contribution in [0.5, 0.6) is 0 Å². The van der Waals surface area contributed by atoms with Crippen molar-refractivity contribution in [1.82, 2.24) is 14.9 Å². The molecular formula is C11H19N3O2S2. The normalized spacial score (nSPS) is 14.6. The van der Waals surface area contributed by atoms with E-state index >= 15 is 0 Å². The van der Waals surface area contributed by atoms with E-state index in [1.165, 1.54) is 11.8 Å². The van der Waals surface area contributed by atoms with Crippen molar-refractivity contribution >= 4 is 29.2 Å². The molecule has 0 aromatic carbocycles.